The molecule has 20 heavy (non-hydrogen) atoms. The van der Waals surface area contributed by atoms with Crippen LogP contribution in [-0.2, 0) is 4.79 Å². The van der Waals surface area contributed by atoms with E-state index in [1.165, 1.54) is 12.8 Å². The topological polar surface area (TPSA) is 49.6 Å². The number of carbonyl (C=O) groups is 1. The molecule has 1 aliphatic carbocycles. The van der Waals surface area contributed by atoms with Crippen LogP contribution in [0.25, 0.3) is 0 Å². The van der Waals surface area contributed by atoms with Crippen molar-refractivity contribution in [2.45, 2.75) is 58.4 Å². The minimum Gasteiger partial charge on any atom is -0.342 e. The van der Waals surface area contributed by atoms with Crippen LogP contribution in [-0.4, -0.2) is 54.5 Å². The number of amides is 1. The Morgan fingerprint density at radius 2 is 1.75 bits per heavy atom. The molecule has 116 valence electrons. The largest absolute Gasteiger partial charge is 0.342 e. The van der Waals surface area contributed by atoms with Crippen LogP contribution in [0.4, 0.5) is 0 Å². The van der Waals surface area contributed by atoms with Crippen LogP contribution < -0.4 is 5.73 Å². The second kappa shape index (κ2) is 6.90. The molecule has 0 bridgehead atoms. The van der Waals surface area contributed by atoms with E-state index < -0.39 is 0 Å². The standard InChI is InChI=1S/C16H31N3O/c1-3-18(4-2)14-7-11-19(12-8-14)15(20)16(13-17)9-5-6-10-16/h14H,3-13,17H2,1-2H3. The van der Waals surface area contributed by atoms with E-state index in [-0.39, 0.29) is 5.41 Å². The van der Waals surface area contributed by atoms with Gasteiger partial charge in [0, 0.05) is 25.7 Å². The molecule has 2 aliphatic rings. The molecule has 0 spiro atoms. The Morgan fingerprint density at radius 1 is 1.20 bits per heavy atom. The summed E-state index contributed by atoms with van der Waals surface area (Å²) in [5.41, 5.74) is 5.72. The molecule has 4 heteroatoms. The summed E-state index contributed by atoms with van der Waals surface area (Å²) in [5.74, 6) is 0.343. The second-order valence-electron chi connectivity index (χ2n) is 6.44. The Balaban J connectivity index is 1.91. The molecule has 1 saturated heterocycles. The lowest BCUT2D eigenvalue weighted by Crippen LogP contribution is -2.52. The Hall–Kier alpha value is -0.610. The molecule has 2 fully saturated rings. The Labute approximate surface area is 123 Å². The van der Waals surface area contributed by atoms with Crippen molar-refractivity contribution in [3.63, 3.8) is 0 Å². The van der Waals surface area contributed by atoms with Gasteiger partial charge < -0.3 is 15.5 Å². The highest BCUT2D eigenvalue weighted by atomic mass is 16.2. The average molecular weight is 281 g/mol. The number of piperidine rings is 1. The molecular formula is C16H31N3O. The summed E-state index contributed by atoms with van der Waals surface area (Å²) >= 11 is 0. The Bertz CT molecular complexity index is 314. The minimum atomic E-state index is -0.220. The molecular weight excluding hydrogens is 250 g/mol. The third-order valence-electron chi connectivity index (χ3n) is 5.49. The maximum atomic E-state index is 12.8. The predicted molar refractivity (Wildman–Crippen MR) is 82.5 cm³/mol. The van der Waals surface area contributed by atoms with E-state index in [0.29, 0.717) is 18.5 Å². The highest BCUT2D eigenvalue weighted by Gasteiger charge is 2.43. The monoisotopic (exact) mass is 281 g/mol. The van der Waals surface area contributed by atoms with Crippen molar-refractivity contribution >= 4 is 5.91 Å². The van der Waals surface area contributed by atoms with Crippen molar-refractivity contribution < 1.29 is 4.79 Å². The van der Waals surface area contributed by atoms with Crippen LogP contribution in [0, 0.1) is 5.41 Å². The first-order valence-corrected chi connectivity index (χ1v) is 8.40. The zero-order valence-corrected chi connectivity index (χ0v) is 13.2. The fraction of sp³-hybridized carbons (Fsp3) is 0.938. The summed E-state index contributed by atoms with van der Waals surface area (Å²) in [5, 5.41) is 0. The zero-order valence-electron chi connectivity index (χ0n) is 13.2. The van der Waals surface area contributed by atoms with Gasteiger partial charge in [-0.05, 0) is 38.8 Å². The molecule has 1 saturated carbocycles. The van der Waals surface area contributed by atoms with Gasteiger partial charge in [0.05, 0.1) is 5.41 Å². The second-order valence-corrected chi connectivity index (χ2v) is 6.44. The van der Waals surface area contributed by atoms with E-state index >= 15 is 0 Å². The molecule has 0 aromatic rings. The van der Waals surface area contributed by atoms with E-state index in [1.807, 2.05) is 0 Å². The van der Waals surface area contributed by atoms with Gasteiger partial charge in [-0.15, -0.1) is 0 Å². The Kier molecular flexibility index (Phi) is 5.44. The fourth-order valence-electron chi connectivity index (χ4n) is 4.07. The van der Waals surface area contributed by atoms with Gasteiger partial charge in [-0.25, -0.2) is 0 Å². The van der Waals surface area contributed by atoms with Crippen LogP contribution in [0.15, 0.2) is 0 Å². The van der Waals surface area contributed by atoms with E-state index in [1.54, 1.807) is 0 Å². The lowest BCUT2D eigenvalue weighted by Gasteiger charge is -2.41. The van der Waals surface area contributed by atoms with Gasteiger partial charge in [0.15, 0.2) is 0 Å². The van der Waals surface area contributed by atoms with Crippen LogP contribution >= 0.6 is 0 Å². The molecule has 2 rings (SSSR count). The highest BCUT2D eigenvalue weighted by molar-refractivity contribution is 5.83. The van der Waals surface area contributed by atoms with Gasteiger partial charge in [0.25, 0.3) is 0 Å². The number of nitrogens with two attached hydrogens (primary N) is 1. The van der Waals surface area contributed by atoms with Crippen molar-refractivity contribution in [2.75, 3.05) is 32.7 Å². The quantitative estimate of drug-likeness (QED) is 0.836. The lowest BCUT2D eigenvalue weighted by atomic mass is 9.84. The van der Waals surface area contributed by atoms with Crippen molar-refractivity contribution in [1.82, 2.24) is 9.80 Å². The van der Waals surface area contributed by atoms with E-state index in [0.717, 1.165) is 51.9 Å². The molecule has 2 N–H and O–H groups in total. The first kappa shape index (κ1) is 15.8. The SMILES string of the molecule is CCN(CC)C1CCN(C(=O)C2(CN)CCCC2)CC1. The summed E-state index contributed by atoms with van der Waals surface area (Å²) in [4.78, 5) is 17.4. The normalized spacial score (nSPS) is 23.5. The van der Waals surface area contributed by atoms with Crippen molar-refractivity contribution in [3.05, 3.63) is 0 Å². The third kappa shape index (κ3) is 3.01. The van der Waals surface area contributed by atoms with Crippen molar-refractivity contribution in [2.24, 2.45) is 11.1 Å². The maximum Gasteiger partial charge on any atom is 0.230 e. The number of hydrogen-bond donors (Lipinski definition) is 1. The predicted octanol–water partition coefficient (Wildman–Crippen LogP) is 1.84. The molecule has 1 amide bonds. The van der Waals surface area contributed by atoms with Gasteiger partial charge in [-0.3, -0.25) is 4.79 Å². The van der Waals surface area contributed by atoms with Crippen LogP contribution in [0.1, 0.15) is 52.4 Å². The molecule has 4 nitrogen and oxygen atoms in total. The zero-order chi connectivity index (χ0) is 14.6. The van der Waals surface area contributed by atoms with Crippen LogP contribution in [0.5, 0.6) is 0 Å². The molecule has 0 unspecified atom stereocenters. The summed E-state index contributed by atoms with van der Waals surface area (Å²) in [6.07, 6.45) is 6.57. The summed E-state index contributed by atoms with van der Waals surface area (Å²) < 4.78 is 0. The van der Waals surface area contributed by atoms with Gasteiger partial charge in [0.2, 0.25) is 5.91 Å². The van der Waals surface area contributed by atoms with Crippen LogP contribution in [0.2, 0.25) is 0 Å². The Morgan fingerprint density at radius 3 is 2.20 bits per heavy atom. The van der Waals surface area contributed by atoms with E-state index in [9.17, 15) is 4.79 Å². The first-order valence-electron chi connectivity index (χ1n) is 8.40. The van der Waals surface area contributed by atoms with E-state index in [4.69, 9.17) is 5.73 Å². The summed E-state index contributed by atoms with van der Waals surface area (Å²) in [6.45, 7) is 9.04. The number of hydrogen-bond acceptors (Lipinski definition) is 3. The number of carbonyl (C=O) groups excluding carboxylic acids is 1. The summed E-state index contributed by atoms with van der Waals surface area (Å²) in [7, 11) is 0. The smallest absolute Gasteiger partial charge is 0.230 e. The van der Waals surface area contributed by atoms with Crippen molar-refractivity contribution in [3.8, 4) is 0 Å². The lowest BCUT2D eigenvalue weighted by molar-refractivity contribution is -0.143. The van der Waals surface area contributed by atoms with Crippen LogP contribution in [0.3, 0.4) is 0 Å². The number of likely N-dealkylation sites (tertiary alicyclic amines) is 1. The fourth-order valence-corrected chi connectivity index (χ4v) is 4.07. The maximum absolute atomic E-state index is 12.8. The highest BCUT2D eigenvalue weighted by Crippen LogP contribution is 2.39. The third-order valence-corrected chi connectivity index (χ3v) is 5.49. The number of nitrogens with zero attached hydrogens (tertiary/aromatic N) is 2. The van der Waals surface area contributed by atoms with Gasteiger partial charge in [-0.2, -0.15) is 0 Å². The molecule has 0 aromatic heterocycles. The molecule has 1 heterocycles. The number of rotatable bonds is 5. The summed E-state index contributed by atoms with van der Waals surface area (Å²) in [6, 6.07) is 0.659. The van der Waals surface area contributed by atoms with Gasteiger partial charge >= 0.3 is 0 Å². The van der Waals surface area contributed by atoms with E-state index in [2.05, 4.69) is 23.6 Å². The van der Waals surface area contributed by atoms with Gasteiger partial charge in [0.1, 0.15) is 0 Å². The molecule has 0 radical (unpaired) electrons. The molecule has 0 atom stereocenters. The van der Waals surface area contributed by atoms with Gasteiger partial charge in [-0.1, -0.05) is 26.7 Å². The first-order chi connectivity index (χ1) is 9.66. The minimum absolute atomic E-state index is 0.220. The average Bonchev–Trinajstić information content (AvgIpc) is 2.98. The van der Waals surface area contributed by atoms with Crippen molar-refractivity contribution in [1.29, 1.82) is 0 Å². The molecule has 0 aromatic carbocycles. The molecule has 1 aliphatic heterocycles.